The zero-order valence-electron chi connectivity index (χ0n) is 9.25. The smallest absolute Gasteiger partial charge is 0.0624 e. The summed E-state index contributed by atoms with van der Waals surface area (Å²) in [6, 6.07) is 0.184. The Morgan fingerprint density at radius 2 is 2.07 bits per heavy atom. The van der Waals surface area contributed by atoms with Crippen molar-refractivity contribution in [1.82, 2.24) is 5.32 Å². The fraction of sp³-hybridized carbons (Fsp3) is 1.00. The van der Waals surface area contributed by atoms with Crippen LogP contribution < -0.4 is 5.32 Å². The van der Waals surface area contributed by atoms with Crippen molar-refractivity contribution in [2.24, 2.45) is 0 Å². The summed E-state index contributed by atoms with van der Waals surface area (Å²) < 4.78 is 21.4. The van der Waals surface area contributed by atoms with Crippen LogP contribution in [-0.2, 0) is 20.3 Å². The molecule has 0 rings (SSSR count). The number of hydrogen-bond acceptors (Lipinski definition) is 4. The molecule has 0 heterocycles. The van der Waals surface area contributed by atoms with Crippen LogP contribution in [0.5, 0.6) is 0 Å². The SMILES string of the molecule is CNC(COC)CS(=O)CCCOC. The predicted molar refractivity (Wildman–Crippen MR) is 59.1 cm³/mol. The van der Waals surface area contributed by atoms with E-state index in [1.54, 1.807) is 14.2 Å². The van der Waals surface area contributed by atoms with Crippen LogP contribution in [0.3, 0.4) is 0 Å². The quantitative estimate of drug-likeness (QED) is 0.559. The molecule has 4 nitrogen and oxygen atoms in total. The lowest BCUT2D eigenvalue weighted by atomic mass is 10.4. The molecule has 0 fully saturated rings. The summed E-state index contributed by atoms with van der Waals surface area (Å²) in [7, 11) is 4.39. The van der Waals surface area contributed by atoms with Crippen LogP contribution in [0, 0.1) is 0 Å². The highest BCUT2D eigenvalue weighted by molar-refractivity contribution is 7.85. The van der Waals surface area contributed by atoms with E-state index >= 15 is 0 Å². The molecule has 2 atom stereocenters. The Bertz CT molecular complexity index is 155. The summed E-state index contributed by atoms with van der Waals surface area (Å²) in [5.41, 5.74) is 0. The number of likely N-dealkylation sites (N-methyl/N-ethyl adjacent to an activating group) is 1. The molecule has 1 N–H and O–H groups in total. The van der Waals surface area contributed by atoms with Gasteiger partial charge in [0, 0.05) is 49.2 Å². The van der Waals surface area contributed by atoms with Gasteiger partial charge in [0.25, 0.3) is 0 Å². The van der Waals surface area contributed by atoms with Crippen LogP contribution in [0.2, 0.25) is 0 Å². The minimum Gasteiger partial charge on any atom is -0.385 e. The van der Waals surface area contributed by atoms with E-state index in [0.717, 1.165) is 6.42 Å². The number of methoxy groups -OCH3 is 2. The molecule has 0 aromatic rings. The summed E-state index contributed by atoms with van der Waals surface area (Å²) in [6.07, 6.45) is 0.854. The van der Waals surface area contributed by atoms with Gasteiger partial charge in [-0.05, 0) is 13.5 Å². The Labute approximate surface area is 88.8 Å². The number of nitrogens with one attached hydrogen (secondary N) is 1. The first-order chi connectivity index (χ1) is 6.74. The zero-order valence-corrected chi connectivity index (χ0v) is 10.1. The molecule has 14 heavy (non-hydrogen) atoms. The first kappa shape index (κ1) is 14.0. The summed E-state index contributed by atoms with van der Waals surface area (Å²) in [6.45, 7) is 1.28. The maximum atomic E-state index is 11.5. The normalized spacial score (nSPS) is 15.4. The van der Waals surface area contributed by atoms with E-state index in [9.17, 15) is 4.21 Å². The molecule has 2 unspecified atom stereocenters. The van der Waals surface area contributed by atoms with Crippen molar-refractivity contribution in [3.8, 4) is 0 Å². The van der Waals surface area contributed by atoms with Gasteiger partial charge in [-0.2, -0.15) is 0 Å². The molecule has 0 aliphatic carbocycles. The van der Waals surface area contributed by atoms with Gasteiger partial charge >= 0.3 is 0 Å². The van der Waals surface area contributed by atoms with Gasteiger partial charge in [0.1, 0.15) is 0 Å². The minimum absolute atomic E-state index is 0.184. The van der Waals surface area contributed by atoms with E-state index in [1.165, 1.54) is 0 Å². The molecule has 86 valence electrons. The van der Waals surface area contributed by atoms with Gasteiger partial charge in [-0.25, -0.2) is 0 Å². The maximum absolute atomic E-state index is 11.5. The maximum Gasteiger partial charge on any atom is 0.0624 e. The Hall–Kier alpha value is 0.0300. The van der Waals surface area contributed by atoms with E-state index in [-0.39, 0.29) is 6.04 Å². The highest BCUT2D eigenvalue weighted by Gasteiger charge is 2.09. The monoisotopic (exact) mass is 223 g/mol. The molecule has 0 aromatic heterocycles. The molecule has 0 aliphatic heterocycles. The van der Waals surface area contributed by atoms with Crippen LogP contribution in [0.15, 0.2) is 0 Å². The van der Waals surface area contributed by atoms with Crippen molar-refractivity contribution in [2.45, 2.75) is 12.5 Å². The van der Waals surface area contributed by atoms with Crippen LogP contribution in [0.25, 0.3) is 0 Å². The van der Waals surface area contributed by atoms with E-state index in [0.29, 0.717) is 24.7 Å². The molecule has 0 bridgehead atoms. The molecule has 0 amide bonds. The van der Waals surface area contributed by atoms with Gasteiger partial charge in [0.05, 0.1) is 6.61 Å². The average Bonchev–Trinajstić information content (AvgIpc) is 2.17. The largest absolute Gasteiger partial charge is 0.385 e. The predicted octanol–water partition coefficient (Wildman–Crippen LogP) is 0.00600. The lowest BCUT2D eigenvalue weighted by Gasteiger charge is -2.14. The van der Waals surface area contributed by atoms with Gasteiger partial charge < -0.3 is 14.8 Å². The molecular weight excluding hydrogens is 202 g/mol. The van der Waals surface area contributed by atoms with Crippen molar-refractivity contribution >= 4 is 10.8 Å². The van der Waals surface area contributed by atoms with Gasteiger partial charge in [-0.3, -0.25) is 4.21 Å². The Balaban J connectivity index is 3.56. The van der Waals surface area contributed by atoms with Gasteiger partial charge in [-0.15, -0.1) is 0 Å². The van der Waals surface area contributed by atoms with Crippen LogP contribution in [0.4, 0.5) is 0 Å². The Morgan fingerprint density at radius 3 is 2.57 bits per heavy atom. The van der Waals surface area contributed by atoms with Gasteiger partial charge in [-0.1, -0.05) is 0 Å². The van der Waals surface area contributed by atoms with Gasteiger partial charge in [0.15, 0.2) is 0 Å². The second kappa shape index (κ2) is 9.58. The van der Waals surface area contributed by atoms with Crippen molar-refractivity contribution in [1.29, 1.82) is 0 Å². The molecule has 0 radical (unpaired) electrons. The number of rotatable bonds is 9. The second-order valence-corrected chi connectivity index (χ2v) is 4.72. The Kier molecular flexibility index (Phi) is 9.60. The molecular formula is C9H21NO3S. The lowest BCUT2D eigenvalue weighted by molar-refractivity contribution is 0.176. The Morgan fingerprint density at radius 1 is 1.36 bits per heavy atom. The van der Waals surface area contributed by atoms with Crippen molar-refractivity contribution in [3.05, 3.63) is 0 Å². The van der Waals surface area contributed by atoms with Crippen molar-refractivity contribution in [3.63, 3.8) is 0 Å². The van der Waals surface area contributed by atoms with E-state index in [4.69, 9.17) is 9.47 Å². The van der Waals surface area contributed by atoms with Crippen LogP contribution >= 0.6 is 0 Å². The first-order valence-corrected chi connectivity index (χ1v) is 6.23. The molecule has 0 aliphatic rings. The summed E-state index contributed by atoms with van der Waals surface area (Å²) in [4.78, 5) is 0. The standard InChI is InChI=1S/C9H21NO3S/c1-10-9(7-13-3)8-14(11)6-4-5-12-2/h9-10H,4-8H2,1-3H3. The van der Waals surface area contributed by atoms with E-state index in [1.807, 2.05) is 7.05 Å². The van der Waals surface area contributed by atoms with E-state index < -0.39 is 10.8 Å². The second-order valence-electron chi connectivity index (χ2n) is 3.10. The average molecular weight is 223 g/mol. The summed E-state index contributed by atoms with van der Waals surface area (Å²) in [5.74, 6) is 1.35. The molecule has 0 spiro atoms. The number of ether oxygens (including phenoxy) is 2. The highest BCUT2D eigenvalue weighted by Crippen LogP contribution is 1.93. The molecule has 0 saturated heterocycles. The van der Waals surface area contributed by atoms with Crippen molar-refractivity contribution in [2.75, 3.05) is 46.0 Å². The molecule has 0 saturated carbocycles. The third kappa shape index (κ3) is 7.44. The summed E-state index contributed by atoms with van der Waals surface area (Å²) in [5, 5.41) is 3.07. The highest BCUT2D eigenvalue weighted by atomic mass is 32.2. The third-order valence-electron chi connectivity index (χ3n) is 1.88. The number of hydrogen-bond donors (Lipinski definition) is 1. The summed E-state index contributed by atoms with van der Waals surface area (Å²) >= 11 is 0. The van der Waals surface area contributed by atoms with E-state index in [2.05, 4.69) is 5.32 Å². The molecule has 5 heteroatoms. The van der Waals surface area contributed by atoms with Crippen molar-refractivity contribution < 1.29 is 13.7 Å². The lowest BCUT2D eigenvalue weighted by Crippen LogP contribution is -2.35. The zero-order chi connectivity index (χ0) is 10.8. The minimum atomic E-state index is -0.775. The molecule has 0 aromatic carbocycles. The van der Waals surface area contributed by atoms with Crippen LogP contribution in [-0.4, -0.2) is 56.2 Å². The first-order valence-electron chi connectivity index (χ1n) is 4.74. The van der Waals surface area contributed by atoms with Crippen LogP contribution in [0.1, 0.15) is 6.42 Å². The third-order valence-corrected chi connectivity index (χ3v) is 3.40. The fourth-order valence-electron chi connectivity index (χ4n) is 1.09. The van der Waals surface area contributed by atoms with Gasteiger partial charge in [0.2, 0.25) is 0 Å². The topological polar surface area (TPSA) is 47.6 Å². The fourth-order valence-corrected chi connectivity index (χ4v) is 2.41.